The van der Waals surface area contributed by atoms with E-state index in [0.717, 1.165) is 31.6 Å². The van der Waals surface area contributed by atoms with Crippen molar-refractivity contribution in [3.05, 3.63) is 47.3 Å². The molecule has 0 N–H and O–H groups in total. The van der Waals surface area contributed by atoms with Gasteiger partial charge in [-0.2, -0.15) is 25.9 Å². The molecule has 1 aromatic carbocycles. The number of methoxy groups -OCH3 is 1. The first kappa shape index (κ1) is 26.9. The molecule has 1 fully saturated rings. The van der Waals surface area contributed by atoms with E-state index < -0.39 is 38.0 Å². The number of rotatable bonds is 8. The van der Waals surface area contributed by atoms with Gasteiger partial charge in [-0.05, 0) is 36.1 Å². The average Bonchev–Trinajstić information content (AvgIpc) is 3.32. The van der Waals surface area contributed by atoms with Crippen molar-refractivity contribution in [1.29, 1.82) is 0 Å². The minimum atomic E-state index is -4.64. The fraction of sp³-hybridized carbons (Fsp3) is 0.500. The first-order valence-corrected chi connectivity index (χ1v) is 14.2. The van der Waals surface area contributed by atoms with E-state index in [2.05, 4.69) is 0 Å². The summed E-state index contributed by atoms with van der Waals surface area (Å²) < 4.78 is 101. The number of sulfonamides is 1. The van der Waals surface area contributed by atoms with Crippen molar-refractivity contribution in [3.63, 3.8) is 0 Å². The Morgan fingerprint density at radius 3 is 2.24 bits per heavy atom. The van der Waals surface area contributed by atoms with E-state index in [4.69, 9.17) is 8.92 Å². The predicted octanol–water partition coefficient (Wildman–Crippen LogP) is 3.03. The second kappa shape index (κ2) is 9.74. The molecule has 34 heavy (non-hydrogen) atoms. The Hall–Kier alpha value is -1.71. The second-order valence-electron chi connectivity index (χ2n) is 7.91. The topological polar surface area (TPSA) is 93.2 Å². The van der Waals surface area contributed by atoms with Gasteiger partial charge >= 0.3 is 6.18 Å². The molecule has 0 amide bonds. The van der Waals surface area contributed by atoms with Gasteiger partial charge in [0.25, 0.3) is 20.1 Å². The van der Waals surface area contributed by atoms with E-state index >= 15 is 0 Å². The zero-order valence-corrected chi connectivity index (χ0v) is 21.1. The van der Waals surface area contributed by atoms with Gasteiger partial charge in [0, 0.05) is 32.4 Å². The molecular formula is C20H25F3N2O6S3. The number of alkyl halides is 3. The van der Waals surface area contributed by atoms with Crippen LogP contribution < -0.4 is 4.90 Å². The minimum absolute atomic E-state index is 0.0597. The summed E-state index contributed by atoms with van der Waals surface area (Å²) in [7, 11) is -6.60. The van der Waals surface area contributed by atoms with Crippen LogP contribution in [0.4, 0.5) is 18.9 Å². The fourth-order valence-corrected chi connectivity index (χ4v) is 6.65. The Labute approximate surface area is 201 Å². The largest absolute Gasteiger partial charge is 0.421 e. The highest BCUT2D eigenvalue weighted by Gasteiger charge is 2.53. The number of hydrogen-bond acceptors (Lipinski definition) is 8. The monoisotopic (exact) mass is 542 g/mol. The summed E-state index contributed by atoms with van der Waals surface area (Å²) in [6.07, 6.45) is -3.76. The van der Waals surface area contributed by atoms with Crippen molar-refractivity contribution >= 4 is 37.2 Å². The Morgan fingerprint density at radius 2 is 1.74 bits per heavy atom. The first-order valence-electron chi connectivity index (χ1n) is 10.1. The first-order chi connectivity index (χ1) is 15.7. The fourth-order valence-electron chi connectivity index (χ4n) is 3.64. The summed E-state index contributed by atoms with van der Waals surface area (Å²) in [6.45, 7) is 0.836. The zero-order valence-electron chi connectivity index (χ0n) is 18.6. The standard InChI is InChI=1S/C20H25F3N2O6S3/c1-19(30-2,20(21,22)23)15-6-8-16(9-7-15)25-11-10-24(13-17(25)14-31-33(3,26)27)34(28,29)18-5-4-12-32-18/h4-9,12,17H,10-11,13-14H2,1-3H3. The van der Waals surface area contributed by atoms with Crippen molar-refractivity contribution < 1.29 is 38.9 Å². The lowest BCUT2D eigenvalue weighted by Crippen LogP contribution is -2.56. The van der Waals surface area contributed by atoms with Gasteiger partial charge in [-0.1, -0.05) is 18.2 Å². The summed E-state index contributed by atoms with van der Waals surface area (Å²) in [5, 5.41) is 1.64. The minimum Gasteiger partial charge on any atom is -0.364 e. The molecule has 0 spiro atoms. The van der Waals surface area contributed by atoms with Crippen molar-refractivity contribution in [2.45, 2.75) is 29.0 Å². The molecule has 190 valence electrons. The molecule has 1 aliphatic heterocycles. The van der Waals surface area contributed by atoms with Gasteiger partial charge in [0.05, 0.1) is 18.9 Å². The third-order valence-corrected chi connectivity index (χ3v) is 9.51. The lowest BCUT2D eigenvalue weighted by Gasteiger charge is -2.42. The Kier molecular flexibility index (Phi) is 7.70. The molecule has 0 bridgehead atoms. The maximum Gasteiger partial charge on any atom is 0.421 e. The maximum absolute atomic E-state index is 13.5. The highest BCUT2D eigenvalue weighted by atomic mass is 32.2. The summed E-state index contributed by atoms with van der Waals surface area (Å²) in [5.41, 5.74) is -2.11. The third-order valence-electron chi connectivity index (χ3n) is 5.71. The van der Waals surface area contributed by atoms with Crippen LogP contribution in [0.2, 0.25) is 0 Å². The van der Waals surface area contributed by atoms with Crippen LogP contribution in [0.25, 0.3) is 0 Å². The molecule has 1 aromatic heterocycles. The summed E-state index contributed by atoms with van der Waals surface area (Å²) in [6, 6.07) is 7.92. The van der Waals surface area contributed by atoms with Gasteiger partial charge in [-0.25, -0.2) is 8.42 Å². The van der Waals surface area contributed by atoms with E-state index in [9.17, 15) is 30.0 Å². The van der Waals surface area contributed by atoms with E-state index in [0.29, 0.717) is 5.69 Å². The molecule has 0 saturated carbocycles. The van der Waals surface area contributed by atoms with Crippen LogP contribution in [-0.2, 0) is 34.7 Å². The Bertz CT molecular complexity index is 1190. The molecule has 1 aliphatic rings. The predicted molar refractivity (Wildman–Crippen MR) is 122 cm³/mol. The molecular weight excluding hydrogens is 517 g/mol. The Morgan fingerprint density at radius 1 is 1.09 bits per heavy atom. The highest BCUT2D eigenvalue weighted by molar-refractivity contribution is 7.91. The lowest BCUT2D eigenvalue weighted by atomic mass is 9.94. The maximum atomic E-state index is 13.5. The number of anilines is 1. The Balaban J connectivity index is 1.89. The summed E-state index contributed by atoms with van der Waals surface area (Å²) in [5.74, 6) is 0. The number of nitrogens with zero attached hydrogens (tertiary/aromatic N) is 2. The van der Waals surface area contributed by atoms with Crippen LogP contribution in [0.3, 0.4) is 0 Å². The van der Waals surface area contributed by atoms with Gasteiger partial charge in [-0.3, -0.25) is 4.18 Å². The normalized spacial score (nSPS) is 20.3. The molecule has 1 saturated heterocycles. The molecule has 2 aromatic rings. The highest BCUT2D eigenvalue weighted by Crippen LogP contribution is 2.42. The van der Waals surface area contributed by atoms with Crippen LogP contribution >= 0.6 is 11.3 Å². The van der Waals surface area contributed by atoms with Crippen molar-refractivity contribution in [2.75, 3.05) is 44.5 Å². The van der Waals surface area contributed by atoms with Gasteiger partial charge < -0.3 is 9.64 Å². The van der Waals surface area contributed by atoms with E-state index in [-0.39, 0.29) is 36.0 Å². The number of hydrogen-bond donors (Lipinski definition) is 0. The zero-order chi connectivity index (χ0) is 25.4. The van der Waals surface area contributed by atoms with Crippen LogP contribution in [0.1, 0.15) is 12.5 Å². The van der Waals surface area contributed by atoms with Crippen LogP contribution in [-0.4, -0.2) is 73.0 Å². The summed E-state index contributed by atoms with van der Waals surface area (Å²) >= 11 is 1.07. The van der Waals surface area contributed by atoms with Crippen molar-refractivity contribution in [2.24, 2.45) is 0 Å². The molecule has 14 heteroatoms. The number of thiophene rings is 1. The van der Waals surface area contributed by atoms with Crippen molar-refractivity contribution in [3.8, 4) is 0 Å². The van der Waals surface area contributed by atoms with Crippen LogP contribution in [0.5, 0.6) is 0 Å². The molecule has 2 heterocycles. The molecule has 8 nitrogen and oxygen atoms in total. The third kappa shape index (κ3) is 5.57. The number of ether oxygens (including phenoxy) is 1. The quantitative estimate of drug-likeness (QED) is 0.474. The van der Waals surface area contributed by atoms with E-state index in [1.807, 2.05) is 0 Å². The molecule has 3 rings (SSSR count). The van der Waals surface area contributed by atoms with Crippen LogP contribution in [0, 0.1) is 0 Å². The van der Waals surface area contributed by atoms with Gasteiger partial charge in [-0.15, -0.1) is 11.3 Å². The van der Waals surface area contributed by atoms with E-state index in [1.54, 1.807) is 16.3 Å². The van der Waals surface area contributed by atoms with Gasteiger partial charge in [0.2, 0.25) is 0 Å². The molecule has 2 atom stereocenters. The number of halogens is 3. The van der Waals surface area contributed by atoms with Crippen molar-refractivity contribution in [1.82, 2.24) is 4.31 Å². The number of piperazine rings is 1. The number of benzene rings is 1. The SMILES string of the molecule is COC(C)(c1ccc(N2CCN(S(=O)(=O)c3cccs3)CC2COS(C)(=O)=O)cc1)C(F)(F)F. The molecule has 2 unspecified atom stereocenters. The lowest BCUT2D eigenvalue weighted by molar-refractivity contribution is -0.269. The molecule has 0 radical (unpaired) electrons. The second-order valence-corrected chi connectivity index (χ2v) is 12.7. The van der Waals surface area contributed by atoms with E-state index in [1.165, 1.54) is 34.6 Å². The van der Waals surface area contributed by atoms with Gasteiger partial charge in [0.15, 0.2) is 5.60 Å². The average molecular weight is 543 g/mol. The molecule has 0 aliphatic carbocycles. The summed E-state index contributed by atoms with van der Waals surface area (Å²) in [4.78, 5) is 1.73. The smallest absolute Gasteiger partial charge is 0.364 e. The van der Waals surface area contributed by atoms with Gasteiger partial charge in [0.1, 0.15) is 4.21 Å². The van der Waals surface area contributed by atoms with Crippen LogP contribution in [0.15, 0.2) is 46.0 Å².